The topological polar surface area (TPSA) is 165 Å². The standard InChI is InChI=1S/C30H38ClN3O7/c1-13(2)14-5-7-34(8-6-14)12-16-11-19(35)21-17(23(16)31)9-15-10-18-24(33(3)4)26(37)22(29(32)40)28(39)30(18,41)27(38)20(15)25(21)36/h11,13-15,18,24,35,37-38,41H,5-10,12H2,1-4H3,(H2,32,40)/t15-,18-,24-,30-/m0/s1. The Hall–Kier alpha value is -2.92. The lowest BCUT2D eigenvalue weighted by molar-refractivity contribution is -0.148. The van der Waals surface area contributed by atoms with E-state index < -0.39 is 58.0 Å². The molecule has 1 aromatic carbocycles. The average molecular weight is 588 g/mol. The molecule has 1 fully saturated rings. The molecule has 1 aromatic rings. The number of aliphatic hydroxyl groups excluding tert-OH is 2. The molecule has 0 bridgehead atoms. The number of benzene rings is 1. The van der Waals surface area contributed by atoms with Crippen molar-refractivity contribution in [3.05, 3.63) is 50.4 Å². The van der Waals surface area contributed by atoms with Gasteiger partial charge in [0.1, 0.15) is 22.8 Å². The monoisotopic (exact) mass is 587 g/mol. The highest BCUT2D eigenvalue weighted by molar-refractivity contribution is 6.33. The number of allylic oxidation sites excluding steroid dienone is 1. The molecule has 1 saturated heterocycles. The summed E-state index contributed by atoms with van der Waals surface area (Å²) in [5, 5.41) is 45.4. The first kappa shape index (κ1) is 29.6. The molecule has 11 heteroatoms. The van der Waals surface area contributed by atoms with E-state index in [1.165, 1.54) is 11.0 Å². The predicted octanol–water partition coefficient (Wildman–Crippen LogP) is 2.64. The summed E-state index contributed by atoms with van der Waals surface area (Å²) in [4.78, 5) is 43.1. The number of hydrogen-bond donors (Lipinski definition) is 5. The van der Waals surface area contributed by atoms with Crippen molar-refractivity contribution in [1.82, 2.24) is 9.80 Å². The number of rotatable bonds is 5. The van der Waals surface area contributed by atoms with Crippen LogP contribution in [0.25, 0.3) is 0 Å². The highest BCUT2D eigenvalue weighted by Crippen LogP contribution is 2.53. The number of ketones is 2. The zero-order chi connectivity index (χ0) is 30.1. The van der Waals surface area contributed by atoms with Crippen LogP contribution in [0.15, 0.2) is 28.7 Å². The van der Waals surface area contributed by atoms with Crippen LogP contribution in [-0.4, -0.2) is 86.5 Å². The lowest BCUT2D eigenvalue weighted by Crippen LogP contribution is -2.63. The summed E-state index contributed by atoms with van der Waals surface area (Å²) in [6.45, 7) is 6.81. The lowest BCUT2D eigenvalue weighted by Gasteiger charge is -2.50. The summed E-state index contributed by atoms with van der Waals surface area (Å²) in [6.07, 6.45) is 2.35. The average Bonchev–Trinajstić information content (AvgIpc) is 2.89. The largest absolute Gasteiger partial charge is 0.510 e. The fourth-order valence-corrected chi connectivity index (χ4v) is 7.77. The Morgan fingerprint density at radius 2 is 1.83 bits per heavy atom. The van der Waals surface area contributed by atoms with Crippen molar-refractivity contribution >= 4 is 29.1 Å². The van der Waals surface area contributed by atoms with Crippen molar-refractivity contribution in [2.24, 2.45) is 29.4 Å². The number of amides is 1. The van der Waals surface area contributed by atoms with E-state index in [-0.39, 0.29) is 29.7 Å². The number of nitrogens with two attached hydrogens (primary N) is 1. The Morgan fingerprint density at radius 3 is 2.39 bits per heavy atom. The molecule has 6 N–H and O–H groups in total. The van der Waals surface area contributed by atoms with Gasteiger partial charge in [0, 0.05) is 23.1 Å². The van der Waals surface area contributed by atoms with Crippen molar-refractivity contribution in [2.75, 3.05) is 27.2 Å². The Balaban J connectivity index is 1.55. The fourth-order valence-electron chi connectivity index (χ4n) is 7.49. The molecule has 5 rings (SSSR count). The van der Waals surface area contributed by atoms with E-state index in [0.717, 1.165) is 25.9 Å². The van der Waals surface area contributed by atoms with Gasteiger partial charge in [-0.15, -0.1) is 0 Å². The molecular weight excluding hydrogens is 550 g/mol. The third kappa shape index (κ3) is 4.47. The van der Waals surface area contributed by atoms with Crippen molar-refractivity contribution in [3.63, 3.8) is 0 Å². The number of carbonyl (C=O) groups excluding carboxylic acids is 3. The Bertz CT molecular complexity index is 1390. The molecule has 0 unspecified atom stereocenters. The first-order chi connectivity index (χ1) is 19.2. The molecule has 3 aliphatic carbocycles. The molecule has 10 nitrogen and oxygen atoms in total. The van der Waals surface area contributed by atoms with Crippen molar-refractivity contribution < 1.29 is 34.8 Å². The van der Waals surface area contributed by atoms with E-state index in [9.17, 15) is 34.8 Å². The van der Waals surface area contributed by atoms with Gasteiger partial charge >= 0.3 is 0 Å². The summed E-state index contributed by atoms with van der Waals surface area (Å²) in [7, 11) is 3.19. The highest BCUT2D eigenvalue weighted by Gasteiger charge is 2.63. The number of piperidine rings is 1. The van der Waals surface area contributed by atoms with Crippen LogP contribution < -0.4 is 5.73 Å². The van der Waals surface area contributed by atoms with Crippen LogP contribution in [-0.2, 0) is 22.6 Å². The third-order valence-electron chi connectivity index (χ3n) is 9.70. The number of likely N-dealkylation sites (tertiary alicyclic amines) is 1. The number of likely N-dealkylation sites (N-methyl/N-ethyl adjacent to an activating group) is 1. The van der Waals surface area contributed by atoms with Crippen molar-refractivity contribution in [3.8, 4) is 5.75 Å². The Morgan fingerprint density at radius 1 is 1.20 bits per heavy atom. The van der Waals surface area contributed by atoms with Gasteiger partial charge in [-0.2, -0.15) is 0 Å². The minimum absolute atomic E-state index is 0.0236. The number of fused-ring (bicyclic) bond motifs is 3. The molecule has 1 heterocycles. The van der Waals surface area contributed by atoms with E-state index >= 15 is 0 Å². The van der Waals surface area contributed by atoms with Crippen LogP contribution in [0.3, 0.4) is 0 Å². The molecule has 4 aliphatic rings. The number of carbonyl (C=O) groups is 3. The first-order valence-corrected chi connectivity index (χ1v) is 14.5. The Kier molecular flexibility index (Phi) is 7.51. The van der Waals surface area contributed by atoms with Crippen LogP contribution in [0.2, 0.25) is 5.02 Å². The number of aromatic hydroxyl groups is 1. The van der Waals surface area contributed by atoms with Gasteiger partial charge in [0.25, 0.3) is 5.91 Å². The third-order valence-corrected chi connectivity index (χ3v) is 10.2. The van der Waals surface area contributed by atoms with E-state index in [0.29, 0.717) is 34.5 Å². The molecule has 0 spiro atoms. The van der Waals surface area contributed by atoms with Gasteiger partial charge in [-0.25, -0.2) is 0 Å². The molecule has 1 amide bonds. The zero-order valence-corrected chi connectivity index (χ0v) is 24.5. The first-order valence-electron chi connectivity index (χ1n) is 14.1. The van der Waals surface area contributed by atoms with Gasteiger partial charge in [0.15, 0.2) is 11.4 Å². The fraction of sp³-hybridized carbons (Fsp3) is 0.567. The van der Waals surface area contributed by atoms with Crippen LogP contribution >= 0.6 is 11.6 Å². The second kappa shape index (κ2) is 10.4. The summed E-state index contributed by atoms with van der Waals surface area (Å²) in [5.41, 5.74) is 2.78. The van der Waals surface area contributed by atoms with Crippen LogP contribution in [0.4, 0.5) is 0 Å². The maximum Gasteiger partial charge on any atom is 0.255 e. The normalized spacial score (nSPS) is 29.2. The molecule has 1 aliphatic heterocycles. The number of nitrogens with zero attached hydrogens (tertiary/aromatic N) is 2. The maximum atomic E-state index is 13.8. The number of aliphatic hydroxyl groups is 3. The van der Waals surface area contributed by atoms with E-state index in [4.69, 9.17) is 17.3 Å². The molecule has 4 atom stereocenters. The van der Waals surface area contributed by atoms with E-state index in [1.807, 2.05) is 0 Å². The smallest absolute Gasteiger partial charge is 0.255 e. The maximum absolute atomic E-state index is 13.8. The lowest BCUT2D eigenvalue weighted by atomic mass is 9.58. The second-order valence-electron chi connectivity index (χ2n) is 12.5. The van der Waals surface area contributed by atoms with Crippen LogP contribution in [0.1, 0.15) is 54.6 Å². The summed E-state index contributed by atoms with van der Waals surface area (Å²) in [5.74, 6) is -5.46. The molecule has 0 saturated carbocycles. The number of hydrogen-bond acceptors (Lipinski definition) is 9. The van der Waals surface area contributed by atoms with Gasteiger partial charge in [-0.1, -0.05) is 25.4 Å². The van der Waals surface area contributed by atoms with Crippen molar-refractivity contribution in [2.45, 2.75) is 57.7 Å². The zero-order valence-electron chi connectivity index (χ0n) is 23.8. The second-order valence-corrected chi connectivity index (χ2v) is 12.9. The van der Waals surface area contributed by atoms with E-state index in [2.05, 4.69) is 18.7 Å². The van der Waals surface area contributed by atoms with Crippen molar-refractivity contribution in [1.29, 1.82) is 0 Å². The molecular formula is C30H38ClN3O7. The number of phenols is 1. The van der Waals surface area contributed by atoms with Crippen LogP contribution in [0.5, 0.6) is 5.75 Å². The summed E-state index contributed by atoms with van der Waals surface area (Å²) >= 11 is 6.89. The van der Waals surface area contributed by atoms with Gasteiger partial charge in [-0.05, 0) is 87.8 Å². The SMILES string of the molecule is CC(C)C1CCN(Cc2cc(O)c3c(c2Cl)C[C@H]2C[C@H]4[C@H](N(C)C)C(O)=C(C(N)=O)C(=O)[C@@]4(O)C(O)=C2C3=O)CC1. The quantitative estimate of drug-likeness (QED) is 0.326. The number of primary amides is 1. The molecule has 41 heavy (non-hydrogen) atoms. The number of phenolic OH excluding ortho intramolecular Hbond substituents is 1. The number of halogens is 1. The van der Waals surface area contributed by atoms with Gasteiger partial charge < -0.3 is 26.2 Å². The van der Waals surface area contributed by atoms with Gasteiger partial charge in [-0.3, -0.25) is 24.2 Å². The molecule has 0 aromatic heterocycles. The Labute approximate surface area is 244 Å². The van der Waals surface area contributed by atoms with Crippen LogP contribution in [0, 0.1) is 23.7 Å². The summed E-state index contributed by atoms with van der Waals surface area (Å²) < 4.78 is 0. The van der Waals surface area contributed by atoms with Gasteiger partial charge in [0.2, 0.25) is 5.78 Å². The summed E-state index contributed by atoms with van der Waals surface area (Å²) in [6, 6.07) is 0.440. The minimum atomic E-state index is -2.66. The molecule has 0 radical (unpaired) electrons. The predicted molar refractivity (Wildman–Crippen MR) is 152 cm³/mol. The minimum Gasteiger partial charge on any atom is -0.510 e. The van der Waals surface area contributed by atoms with Gasteiger partial charge in [0.05, 0.1) is 11.6 Å². The highest BCUT2D eigenvalue weighted by atomic mass is 35.5. The number of Topliss-reactive ketones (excluding diaryl/α,β-unsaturated/α-hetero) is 2. The molecule has 222 valence electrons. The van der Waals surface area contributed by atoms with E-state index in [1.54, 1.807) is 14.1 Å².